The highest BCUT2D eigenvalue weighted by Crippen LogP contribution is 2.30. The van der Waals surface area contributed by atoms with E-state index in [9.17, 15) is 14.7 Å². The van der Waals surface area contributed by atoms with Gasteiger partial charge in [-0.1, -0.05) is 17.4 Å². The first kappa shape index (κ1) is 17.9. The number of nitrogens with zero attached hydrogens (tertiary/aromatic N) is 4. The molecular formula is C19H22N4O3S. The number of hydrogen-bond donors (Lipinski definition) is 1. The first-order valence-electron chi connectivity index (χ1n) is 9.04. The molecular weight excluding hydrogens is 364 g/mol. The van der Waals surface area contributed by atoms with Gasteiger partial charge in [0.1, 0.15) is 10.6 Å². The van der Waals surface area contributed by atoms with Crippen LogP contribution in [0.5, 0.6) is 5.75 Å². The summed E-state index contributed by atoms with van der Waals surface area (Å²) in [7, 11) is 2.10. The molecule has 1 amide bonds. The molecule has 0 unspecified atom stereocenters. The third kappa shape index (κ3) is 3.42. The van der Waals surface area contributed by atoms with Gasteiger partial charge in [-0.15, -0.1) is 0 Å². The summed E-state index contributed by atoms with van der Waals surface area (Å²) < 4.78 is 0. The second kappa shape index (κ2) is 7.28. The predicted octanol–water partition coefficient (Wildman–Crippen LogP) is 1.61. The van der Waals surface area contributed by atoms with Gasteiger partial charge in [0.15, 0.2) is 11.4 Å². The number of fused-ring (bicyclic) bond motifs is 1. The molecule has 27 heavy (non-hydrogen) atoms. The number of carbonyl (C=O) groups is 2. The fraction of sp³-hybridized carbons (Fsp3) is 0.421. The molecule has 1 N–H and O–H groups in total. The highest BCUT2D eigenvalue weighted by Gasteiger charge is 2.27. The van der Waals surface area contributed by atoms with Crippen molar-refractivity contribution < 1.29 is 14.7 Å². The van der Waals surface area contributed by atoms with E-state index in [2.05, 4.69) is 21.8 Å². The number of thiazole rings is 1. The number of hydrogen-bond acceptors (Lipinski definition) is 7. The molecule has 2 aromatic rings. The van der Waals surface area contributed by atoms with Gasteiger partial charge in [0, 0.05) is 39.3 Å². The van der Waals surface area contributed by atoms with Crippen molar-refractivity contribution in [1.29, 1.82) is 0 Å². The van der Waals surface area contributed by atoms with Crippen molar-refractivity contribution >= 4 is 28.7 Å². The molecule has 8 heteroatoms. The minimum atomic E-state index is -0.0706. The average molecular weight is 386 g/mol. The number of anilines is 1. The van der Waals surface area contributed by atoms with E-state index in [-0.39, 0.29) is 17.2 Å². The summed E-state index contributed by atoms with van der Waals surface area (Å²) in [6.07, 6.45) is 2.99. The largest absolute Gasteiger partial charge is 0.507 e. The minimum Gasteiger partial charge on any atom is -0.507 e. The summed E-state index contributed by atoms with van der Waals surface area (Å²) >= 11 is 1.42. The molecule has 1 aromatic heterocycles. The van der Waals surface area contributed by atoms with Crippen molar-refractivity contribution in [1.82, 2.24) is 14.8 Å². The normalized spacial score (nSPS) is 17.7. The van der Waals surface area contributed by atoms with Crippen molar-refractivity contribution in [2.45, 2.75) is 13.0 Å². The molecule has 0 radical (unpaired) electrons. The topological polar surface area (TPSA) is 77.0 Å². The van der Waals surface area contributed by atoms with Crippen LogP contribution in [0.3, 0.4) is 0 Å². The second-order valence-corrected chi connectivity index (χ2v) is 8.04. The van der Waals surface area contributed by atoms with Crippen LogP contribution in [0.2, 0.25) is 0 Å². The van der Waals surface area contributed by atoms with Gasteiger partial charge in [-0.25, -0.2) is 4.98 Å². The SMILES string of the molecule is CN1CCN(c2ncc(C(=O)N3CCc4ccc(O)c(C=O)c4C3)s2)CC1. The molecule has 2 aliphatic rings. The Kier molecular flexibility index (Phi) is 4.84. The quantitative estimate of drug-likeness (QED) is 0.808. The Balaban J connectivity index is 1.51. The molecule has 0 aliphatic carbocycles. The number of aromatic nitrogens is 1. The molecule has 0 saturated carbocycles. The fourth-order valence-electron chi connectivity index (χ4n) is 3.61. The van der Waals surface area contributed by atoms with Crippen molar-refractivity contribution in [2.75, 3.05) is 44.7 Å². The number of piperazine rings is 1. The zero-order valence-electron chi connectivity index (χ0n) is 15.2. The Morgan fingerprint density at radius 1 is 1.22 bits per heavy atom. The molecule has 0 spiro atoms. The van der Waals surface area contributed by atoms with Gasteiger partial charge in [-0.2, -0.15) is 0 Å². The van der Waals surface area contributed by atoms with Gasteiger partial charge < -0.3 is 19.8 Å². The number of phenolic OH excluding ortho intramolecular Hbond substituents is 1. The monoisotopic (exact) mass is 386 g/mol. The van der Waals surface area contributed by atoms with Crippen molar-refractivity contribution in [3.63, 3.8) is 0 Å². The molecule has 0 bridgehead atoms. The second-order valence-electron chi connectivity index (χ2n) is 7.03. The molecule has 2 aliphatic heterocycles. The zero-order chi connectivity index (χ0) is 19.0. The van der Waals surface area contributed by atoms with Crippen molar-refractivity contribution in [3.8, 4) is 5.75 Å². The number of aldehydes is 1. The van der Waals surface area contributed by atoms with Gasteiger partial charge in [-0.3, -0.25) is 9.59 Å². The summed E-state index contributed by atoms with van der Waals surface area (Å²) in [5.74, 6) is -0.105. The standard InChI is InChI=1S/C19H22N4O3S/c1-21-6-8-22(9-7-21)19-20-10-17(27-19)18(26)23-5-4-13-2-3-16(25)15(12-24)14(13)11-23/h2-3,10,12,25H,4-9,11H2,1H3. The summed E-state index contributed by atoms with van der Waals surface area (Å²) in [5.41, 5.74) is 2.04. The summed E-state index contributed by atoms with van der Waals surface area (Å²) in [5, 5.41) is 10.8. The van der Waals surface area contributed by atoms with Gasteiger partial charge in [-0.05, 0) is 30.7 Å². The maximum absolute atomic E-state index is 13.0. The number of benzene rings is 1. The Morgan fingerprint density at radius 2 is 2.00 bits per heavy atom. The molecule has 4 rings (SSSR count). The number of likely N-dealkylation sites (N-methyl/N-ethyl adjacent to an activating group) is 1. The summed E-state index contributed by atoms with van der Waals surface area (Å²) in [4.78, 5) is 35.6. The van der Waals surface area contributed by atoms with Crippen LogP contribution in [0, 0.1) is 0 Å². The number of aromatic hydroxyl groups is 1. The summed E-state index contributed by atoms with van der Waals surface area (Å²) in [6.45, 7) is 4.73. The van der Waals surface area contributed by atoms with Crippen LogP contribution in [0.25, 0.3) is 0 Å². The van der Waals surface area contributed by atoms with Gasteiger partial charge >= 0.3 is 0 Å². The van der Waals surface area contributed by atoms with E-state index in [1.165, 1.54) is 11.3 Å². The van der Waals surface area contributed by atoms with Crippen LogP contribution in [-0.2, 0) is 13.0 Å². The molecule has 0 atom stereocenters. The molecule has 3 heterocycles. The molecule has 7 nitrogen and oxygen atoms in total. The maximum atomic E-state index is 13.0. The van der Waals surface area contributed by atoms with Gasteiger partial charge in [0.05, 0.1) is 11.8 Å². The van der Waals surface area contributed by atoms with Crippen LogP contribution < -0.4 is 4.90 Å². The third-order valence-electron chi connectivity index (χ3n) is 5.31. The lowest BCUT2D eigenvalue weighted by Gasteiger charge is -2.32. The molecule has 1 fully saturated rings. The van der Waals surface area contributed by atoms with E-state index in [0.717, 1.165) is 42.4 Å². The van der Waals surface area contributed by atoms with E-state index >= 15 is 0 Å². The Bertz CT molecular complexity index is 874. The van der Waals surface area contributed by atoms with Crippen molar-refractivity contribution in [3.05, 3.63) is 39.9 Å². The lowest BCUT2D eigenvalue weighted by atomic mass is 9.94. The van der Waals surface area contributed by atoms with Crippen LogP contribution in [-0.4, -0.2) is 71.9 Å². The van der Waals surface area contributed by atoms with Gasteiger partial charge in [0.25, 0.3) is 5.91 Å². The Morgan fingerprint density at radius 3 is 2.74 bits per heavy atom. The van der Waals surface area contributed by atoms with E-state index in [4.69, 9.17) is 0 Å². The van der Waals surface area contributed by atoms with E-state index in [1.807, 2.05) is 6.07 Å². The van der Waals surface area contributed by atoms with E-state index < -0.39 is 0 Å². The average Bonchev–Trinajstić information content (AvgIpc) is 3.17. The molecule has 1 aromatic carbocycles. The van der Waals surface area contributed by atoms with Crippen LogP contribution in [0.1, 0.15) is 31.2 Å². The predicted molar refractivity (Wildman–Crippen MR) is 104 cm³/mol. The van der Waals surface area contributed by atoms with Crippen LogP contribution in [0.15, 0.2) is 18.3 Å². The maximum Gasteiger partial charge on any atom is 0.265 e. The first-order chi connectivity index (χ1) is 13.1. The Labute approximate surface area is 161 Å². The zero-order valence-corrected chi connectivity index (χ0v) is 16.0. The fourth-order valence-corrected chi connectivity index (χ4v) is 4.55. The molecule has 142 valence electrons. The lowest BCUT2D eigenvalue weighted by Crippen LogP contribution is -2.44. The van der Waals surface area contributed by atoms with Crippen molar-refractivity contribution in [2.24, 2.45) is 0 Å². The van der Waals surface area contributed by atoms with Gasteiger partial charge in [0.2, 0.25) is 0 Å². The van der Waals surface area contributed by atoms with Crippen LogP contribution in [0.4, 0.5) is 5.13 Å². The van der Waals surface area contributed by atoms with Crippen LogP contribution >= 0.6 is 11.3 Å². The number of amides is 1. The number of rotatable bonds is 3. The van der Waals surface area contributed by atoms with E-state index in [1.54, 1.807) is 17.2 Å². The minimum absolute atomic E-state index is 0.0341. The third-order valence-corrected chi connectivity index (χ3v) is 6.36. The smallest absolute Gasteiger partial charge is 0.265 e. The Hall–Kier alpha value is -2.45. The number of carbonyl (C=O) groups excluding carboxylic acids is 2. The highest BCUT2D eigenvalue weighted by atomic mass is 32.1. The molecule has 1 saturated heterocycles. The highest BCUT2D eigenvalue weighted by molar-refractivity contribution is 7.17. The lowest BCUT2D eigenvalue weighted by molar-refractivity contribution is 0.0737. The summed E-state index contributed by atoms with van der Waals surface area (Å²) in [6, 6.07) is 3.38. The first-order valence-corrected chi connectivity index (χ1v) is 9.86. The number of phenols is 1. The van der Waals surface area contributed by atoms with E-state index in [0.29, 0.717) is 30.7 Å².